The minimum absolute atomic E-state index is 0.00597. The Morgan fingerprint density at radius 2 is 1.95 bits per heavy atom. The third-order valence-electron chi connectivity index (χ3n) is 3.52. The van der Waals surface area contributed by atoms with E-state index in [0.717, 1.165) is 32.4 Å². The SMILES string of the molecule is Cc1nn(CC(=O)N2CCCCC2)c(C)c1[N+](=O)[O-]. The summed E-state index contributed by atoms with van der Waals surface area (Å²) in [4.78, 5) is 24.4. The van der Waals surface area contributed by atoms with E-state index in [0.29, 0.717) is 11.4 Å². The van der Waals surface area contributed by atoms with Crippen molar-refractivity contribution < 1.29 is 9.72 Å². The van der Waals surface area contributed by atoms with E-state index < -0.39 is 4.92 Å². The van der Waals surface area contributed by atoms with Crippen molar-refractivity contribution in [2.24, 2.45) is 0 Å². The van der Waals surface area contributed by atoms with Crippen LogP contribution < -0.4 is 0 Å². The largest absolute Gasteiger partial charge is 0.341 e. The second-order valence-corrected chi connectivity index (χ2v) is 4.88. The van der Waals surface area contributed by atoms with Crippen LogP contribution >= 0.6 is 0 Å². The summed E-state index contributed by atoms with van der Waals surface area (Å²) >= 11 is 0. The van der Waals surface area contributed by atoms with Crippen LogP contribution in [0, 0.1) is 24.0 Å². The number of rotatable bonds is 3. The minimum atomic E-state index is -0.445. The van der Waals surface area contributed by atoms with Crippen LogP contribution in [0.4, 0.5) is 5.69 Å². The molecule has 7 heteroatoms. The van der Waals surface area contributed by atoms with Gasteiger partial charge in [0.25, 0.3) is 0 Å². The molecular formula is C12H18N4O3. The number of nitrogens with zero attached hydrogens (tertiary/aromatic N) is 4. The normalized spacial score (nSPS) is 15.6. The number of hydrogen-bond acceptors (Lipinski definition) is 4. The van der Waals surface area contributed by atoms with Gasteiger partial charge in [-0.05, 0) is 33.1 Å². The number of hydrogen-bond donors (Lipinski definition) is 0. The lowest BCUT2D eigenvalue weighted by molar-refractivity contribution is -0.386. The summed E-state index contributed by atoms with van der Waals surface area (Å²) in [6, 6.07) is 0. The summed E-state index contributed by atoms with van der Waals surface area (Å²) in [6.45, 7) is 4.86. The molecule has 2 heterocycles. The molecule has 0 radical (unpaired) electrons. The van der Waals surface area contributed by atoms with Crippen LogP contribution in [0.15, 0.2) is 0 Å². The standard InChI is InChI=1S/C12H18N4O3/c1-9-12(16(18)19)10(2)15(13-9)8-11(17)14-6-4-3-5-7-14/h3-8H2,1-2H3. The topological polar surface area (TPSA) is 81.3 Å². The van der Waals surface area contributed by atoms with Crippen molar-refractivity contribution in [1.82, 2.24) is 14.7 Å². The van der Waals surface area contributed by atoms with Gasteiger partial charge >= 0.3 is 5.69 Å². The average Bonchev–Trinajstić information content (AvgIpc) is 2.65. The van der Waals surface area contributed by atoms with Crippen LogP contribution in [-0.4, -0.2) is 38.6 Å². The summed E-state index contributed by atoms with van der Waals surface area (Å²) < 4.78 is 1.43. The van der Waals surface area contributed by atoms with Crippen molar-refractivity contribution in [2.75, 3.05) is 13.1 Å². The zero-order valence-electron chi connectivity index (χ0n) is 11.3. The molecule has 104 valence electrons. The maximum Gasteiger partial charge on any atom is 0.312 e. The molecule has 1 saturated heterocycles. The highest BCUT2D eigenvalue weighted by Gasteiger charge is 2.24. The molecule has 1 amide bonds. The van der Waals surface area contributed by atoms with E-state index in [9.17, 15) is 14.9 Å². The van der Waals surface area contributed by atoms with Crippen molar-refractivity contribution in [1.29, 1.82) is 0 Å². The molecule has 2 rings (SSSR count). The summed E-state index contributed by atoms with van der Waals surface area (Å²) in [6.07, 6.45) is 3.22. The molecule has 0 atom stereocenters. The molecule has 0 spiro atoms. The first-order valence-electron chi connectivity index (χ1n) is 6.47. The number of carbonyl (C=O) groups excluding carboxylic acids is 1. The van der Waals surface area contributed by atoms with Crippen molar-refractivity contribution in [3.05, 3.63) is 21.5 Å². The maximum atomic E-state index is 12.1. The first kappa shape index (κ1) is 13.5. The Balaban J connectivity index is 2.13. The Morgan fingerprint density at radius 1 is 1.32 bits per heavy atom. The van der Waals surface area contributed by atoms with E-state index in [4.69, 9.17) is 0 Å². The monoisotopic (exact) mass is 266 g/mol. The Hall–Kier alpha value is -1.92. The summed E-state index contributed by atoms with van der Waals surface area (Å²) in [7, 11) is 0. The minimum Gasteiger partial charge on any atom is -0.341 e. The van der Waals surface area contributed by atoms with Gasteiger partial charge in [-0.15, -0.1) is 0 Å². The number of carbonyl (C=O) groups is 1. The third kappa shape index (κ3) is 2.74. The Morgan fingerprint density at radius 3 is 2.47 bits per heavy atom. The quantitative estimate of drug-likeness (QED) is 0.612. The van der Waals surface area contributed by atoms with Gasteiger partial charge < -0.3 is 4.90 Å². The fourth-order valence-corrected chi connectivity index (χ4v) is 2.48. The molecule has 7 nitrogen and oxygen atoms in total. The molecule has 0 bridgehead atoms. The van der Waals surface area contributed by atoms with Gasteiger partial charge in [0.15, 0.2) is 0 Å². The number of amides is 1. The lowest BCUT2D eigenvalue weighted by Crippen LogP contribution is -2.38. The van der Waals surface area contributed by atoms with Gasteiger partial charge in [-0.2, -0.15) is 5.10 Å². The fourth-order valence-electron chi connectivity index (χ4n) is 2.48. The second-order valence-electron chi connectivity index (χ2n) is 4.88. The molecular weight excluding hydrogens is 248 g/mol. The second kappa shape index (κ2) is 5.38. The Bertz CT molecular complexity index is 503. The van der Waals surface area contributed by atoms with Crippen LogP contribution in [0.3, 0.4) is 0 Å². The Kier molecular flexibility index (Phi) is 3.82. The highest BCUT2D eigenvalue weighted by Crippen LogP contribution is 2.22. The molecule has 0 saturated carbocycles. The van der Waals surface area contributed by atoms with Gasteiger partial charge in [0.05, 0.1) is 4.92 Å². The van der Waals surface area contributed by atoms with Gasteiger partial charge in [0.1, 0.15) is 17.9 Å². The summed E-state index contributed by atoms with van der Waals surface area (Å²) in [5.41, 5.74) is 0.799. The van der Waals surface area contributed by atoms with E-state index in [-0.39, 0.29) is 18.1 Å². The summed E-state index contributed by atoms with van der Waals surface area (Å²) in [5.74, 6) is -0.0137. The predicted octanol–water partition coefficient (Wildman–Crippen LogP) is 1.42. The van der Waals surface area contributed by atoms with Crippen molar-refractivity contribution in [2.45, 2.75) is 39.7 Å². The Labute approximate surface area is 111 Å². The number of aryl methyl sites for hydroxylation is 1. The van der Waals surface area contributed by atoms with Crippen molar-refractivity contribution in [3.63, 3.8) is 0 Å². The fraction of sp³-hybridized carbons (Fsp3) is 0.667. The number of piperidine rings is 1. The van der Waals surface area contributed by atoms with E-state index in [2.05, 4.69) is 5.10 Å². The smallest absolute Gasteiger partial charge is 0.312 e. The summed E-state index contributed by atoms with van der Waals surface area (Å²) in [5, 5.41) is 15.0. The first-order valence-corrected chi connectivity index (χ1v) is 6.47. The van der Waals surface area contributed by atoms with E-state index in [1.807, 2.05) is 4.90 Å². The number of likely N-dealkylation sites (tertiary alicyclic amines) is 1. The molecule has 1 aliphatic rings. The highest BCUT2D eigenvalue weighted by molar-refractivity contribution is 5.76. The van der Waals surface area contributed by atoms with Gasteiger partial charge in [-0.1, -0.05) is 0 Å². The van der Waals surface area contributed by atoms with E-state index >= 15 is 0 Å². The third-order valence-corrected chi connectivity index (χ3v) is 3.52. The maximum absolute atomic E-state index is 12.1. The molecule has 0 aromatic carbocycles. The van der Waals surface area contributed by atoms with Crippen LogP contribution in [-0.2, 0) is 11.3 Å². The van der Waals surface area contributed by atoms with Gasteiger partial charge in [-0.25, -0.2) is 0 Å². The molecule has 1 fully saturated rings. The molecule has 0 aliphatic carbocycles. The first-order chi connectivity index (χ1) is 9.00. The lowest BCUT2D eigenvalue weighted by atomic mass is 10.1. The van der Waals surface area contributed by atoms with Crippen LogP contribution in [0.5, 0.6) is 0 Å². The van der Waals surface area contributed by atoms with Crippen LogP contribution in [0.2, 0.25) is 0 Å². The predicted molar refractivity (Wildman–Crippen MR) is 68.8 cm³/mol. The number of aromatic nitrogens is 2. The van der Waals surface area contributed by atoms with Gasteiger partial charge in [0, 0.05) is 13.1 Å². The van der Waals surface area contributed by atoms with E-state index in [1.54, 1.807) is 13.8 Å². The zero-order valence-corrected chi connectivity index (χ0v) is 11.3. The molecule has 19 heavy (non-hydrogen) atoms. The van der Waals surface area contributed by atoms with E-state index in [1.165, 1.54) is 4.68 Å². The highest BCUT2D eigenvalue weighted by atomic mass is 16.6. The molecule has 1 aromatic heterocycles. The zero-order chi connectivity index (χ0) is 14.0. The molecule has 0 unspecified atom stereocenters. The molecule has 1 aliphatic heterocycles. The number of nitro groups is 1. The van der Waals surface area contributed by atoms with Gasteiger partial charge in [-0.3, -0.25) is 19.6 Å². The molecule has 0 N–H and O–H groups in total. The van der Waals surface area contributed by atoms with Crippen molar-refractivity contribution in [3.8, 4) is 0 Å². The van der Waals surface area contributed by atoms with Gasteiger partial charge in [0.2, 0.25) is 5.91 Å². The lowest BCUT2D eigenvalue weighted by Gasteiger charge is -2.26. The average molecular weight is 266 g/mol. The van der Waals surface area contributed by atoms with Crippen LogP contribution in [0.1, 0.15) is 30.7 Å². The molecule has 1 aromatic rings. The van der Waals surface area contributed by atoms with Crippen molar-refractivity contribution >= 4 is 11.6 Å². The van der Waals surface area contributed by atoms with Crippen LogP contribution in [0.25, 0.3) is 0 Å².